The summed E-state index contributed by atoms with van der Waals surface area (Å²) in [5.74, 6) is -5.11. The highest BCUT2D eigenvalue weighted by molar-refractivity contribution is 7.81. The molecule has 0 aromatic rings. The summed E-state index contributed by atoms with van der Waals surface area (Å²) in [7, 11) is 0. The number of carbonyl (C=O) groups excluding carboxylic acids is 3. The van der Waals surface area contributed by atoms with Gasteiger partial charge >= 0.3 is 23.9 Å². The third kappa shape index (κ3) is 8.47. The summed E-state index contributed by atoms with van der Waals surface area (Å²) >= 11 is 11.3. The van der Waals surface area contributed by atoms with E-state index in [-0.39, 0.29) is 23.7 Å². The molecule has 0 aliphatic carbocycles. The van der Waals surface area contributed by atoms with Crippen molar-refractivity contribution in [2.45, 2.75) is 38.6 Å². The number of hydrogen-bond acceptors (Lipinski definition) is 9. The number of esters is 3. The van der Waals surface area contributed by atoms with Gasteiger partial charge in [-0.2, -0.15) is 37.9 Å². The van der Waals surface area contributed by atoms with Crippen molar-refractivity contribution in [1.82, 2.24) is 0 Å². The molecule has 21 heavy (non-hydrogen) atoms. The average Bonchev–Trinajstić information content (AvgIpc) is 2.46. The quantitative estimate of drug-likeness (QED) is 0.239. The molecule has 0 unspecified atom stereocenters. The molecular weight excluding hydrogens is 336 g/mol. The summed E-state index contributed by atoms with van der Waals surface area (Å²) in [4.78, 5) is 34.4. The van der Waals surface area contributed by atoms with Crippen molar-refractivity contribution in [3.05, 3.63) is 0 Å². The molecule has 0 amide bonds. The van der Waals surface area contributed by atoms with Gasteiger partial charge in [0, 0.05) is 0 Å². The van der Waals surface area contributed by atoms with Crippen LogP contribution in [0.5, 0.6) is 0 Å². The third-order valence-corrected chi connectivity index (χ3v) is 3.06. The molecule has 0 radical (unpaired) electrons. The highest BCUT2D eigenvalue weighted by Gasteiger charge is 2.42. The number of ether oxygens (including phenoxy) is 3. The number of hydrogen-bond donors (Lipinski definition) is 3. The average molecular weight is 356 g/mol. The summed E-state index contributed by atoms with van der Waals surface area (Å²) < 4.78 is 15.0. The number of unbranched alkanes of at least 4 members (excludes halogenated alkanes) is 2. The zero-order valence-corrected chi connectivity index (χ0v) is 14.4. The molecule has 0 rings (SSSR count). The first-order chi connectivity index (χ1) is 9.92. The maximum Gasteiger partial charge on any atom is 0.423 e. The number of carbonyl (C=O) groups is 3. The molecule has 0 bridgehead atoms. The monoisotopic (exact) mass is 356 g/mol. The Bertz CT molecular complexity index is 315. The maximum atomic E-state index is 11.5. The molecule has 0 saturated heterocycles. The lowest BCUT2D eigenvalue weighted by molar-refractivity contribution is -0.330. The van der Waals surface area contributed by atoms with Crippen molar-refractivity contribution in [1.29, 1.82) is 0 Å². The summed E-state index contributed by atoms with van der Waals surface area (Å²) in [5, 5.41) is 0. The van der Waals surface area contributed by atoms with Gasteiger partial charge in [0.05, 0.1) is 23.7 Å². The predicted molar refractivity (Wildman–Crippen MR) is 86.7 cm³/mol. The summed E-state index contributed by atoms with van der Waals surface area (Å²) in [5.41, 5.74) is 0. The van der Waals surface area contributed by atoms with E-state index in [0.29, 0.717) is 6.42 Å². The highest BCUT2D eigenvalue weighted by Crippen LogP contribution is 2.25. The van der Waals surface area contributed by atoms with Crippen LogP contribution in [0.1, 0.15) is 32.6 Å². The van der Waals surface area contributed by atoms with Gasteiger partial charge in [0.25, 0.3) is 0 Å². The van der Waals surface area contributed by atoms with Crippen LogP contribution in [0.25, 0.3) is 0 Å². The van der Waals surface area contributed by atoms with Crippen molar-refractivity contribution in [3.8, 4) is 0 Å². The fourth-order valence-electron chi connectivity index (χ4n) is 1.42. The van der Waals surface area contributed by atoms with Crippen LogP contribution in [0.4, 0.5) is 0 Å². The van der Waals surface area contributed by atoms with Crippen molar-refractivity contribution < 1.29 is 28.6 Å². The van der Waals surface area contributed by atoms with Gasteiger partial charge in [0.15, 0.2) is 0 Å². The standard InChI is InChI=1S/C12H20O6S3/c1-2-3-4-5-12(16-9(13)6-19,17-10(14)7-20)18-11(15)8-21/h19-21H,2-8H2,1H3. The Kier molecular flexibility index (Phi) is 10.8. The Morgan fingerprint density at radius 2 is 1.19 bits per heavy atom. The first kappa shape index (κ1) is 20.5. The molecule has 0 heterocycles. The van der Waals surface area contributed by atoms with Gasteiger partial charge in [0.1, 0.15) is 0 Å². The molecule has 6 nitrogen and oxygen atoms in total. The molecule has 0 spiro atoms. The topological polar surface area (TPSA) is 78.9 Å². The fraction of sp³-hybridized carbons (Fsp3) is 0.750. The van der Waals surface area contributed by atoms with Gasteiger partial charge in [-0.15, -0.1) is 0 Å². The first-order valence-electron chi connectivity index (χ1n) is 6.41. The fourth-order valence-corrected chi connectivity index (χ4v) is 1.62. The Hall–Kier alpha value is -0.540. The van der Waals surface area contributed by atoms with Gasteiger partial charge in [-0.1, -0.05) is 19.8 Å². The van der Waals surface area contributed by atoms with E-state index in [1.165, 1.54) is 0 Å². The lowest BCUT2D eigenvalue weighted by Gasteiger charge is -2.31. The normalized spacial score (nSPS) is 10.9. The van der Waals surface area contributed by atoms with E-state index < -0.39 is 23.9 Å². The molecule has 0 fully saturated rings. The maximum absolute atomic E-state index is 11.5. The van der Waals surface area contributed by atoms with Crippen LogP contribution >= 0.6 is 37.9 Å². The molecule has 0 saturated carbocycles. The van der Waals surface area contributed by atoms with E-state index in [0.717, 1.165) is 12.8 Å². The minimum absolute atomic E-state index is 0.0411. The molecule has 0 atom stereocenters. The lowest BCUT2D eigenvalue weighted by atomic mass is 10.2. The van der Waals surface area contributed by atoms with Gasteiger partial charge < -0.3 is 14.2 Å². The van der Waals surface area contributed by atoms with E-state index in [2.05, 4.69) is 37.9 Å². The lowest BCUT2D eigenvalue weighted by Crippen LogP contribution is -2.45. The molecule has 0 aromatic heterocycles. The van der Waals surface area contributed by atoms with Crippen LogP contribution < -0.4 is 0 Å². The summed E-state index contributed by atoms with van der Waals surface area (Å²) in [6.45, 7) is 1.97. The van der Waals surface area contributed by atoms with Crippen LogP contribution in [-0.4, -0.2) is 41.1 Å². The van der Waals surface area contributed by atoms with Crippen LogP contribution in [0.3, 0.4) is 0 Å². The minimum Gasteiger partial charge on any atom is -0.387 e. The Labute approximate surface area is 140 Å². The van der Waals surface area contributed by atoms with Crippen LogP contribution in [0, 0.1) is 0 Å². The number of thiol groups is 3. The van der Waals surface area contributed by atoms with E-state index in [1.807, 2.05) is 6.92 Å². The third-order valence-electron chi connectivity index (χ3n) is 2.28. The summed E-state index contributed by atoms with van der Waals surface area (Å²) in [6.07, 6.45) is 2.25. The van der Waals surface area contributed by atoms with Gasteiger partial charge in [-0.25, -0.2) is 0 Å². The van der Waals surface area contributed by atoms with Gasteiger partial charge in [-0.3, -0.25) is 14.4 Å². The zero-order chi connectivity index (χ0) is 16.3. The second-order valence-electron chi connectivity index (χ2n) is 4.04. The zero-order valence-electron chi connectivity index (χ0n) is 11.7. The second kappa shape index (κ2) is 11.1. The van der Waals surface area contributed by atoms with Crippen LogP contribution in [0.15, 0.2) is 0 Å². The molecular formula is C12H20O6S3. The van der Waals surface area contributed by atoms with E-state index in [9.17, 15) is 14.4 Å². The predicted octanol–water partition coefficient (Wildman–Crippen LogP) is 1.64. The van der Waals surface area contributed by atoms with Crippen molar-refractivity contribution in [2.24, 2.45) is 0 Å². The molecule has 0 N–H and O–H groups in total. The van der Waals surface area contributed by atoms with Crippen molar-refractivity contribution >= 4 is 55.8 Å². The van der Waals surface area contributed by atoms with Gasteiger partial charge in [-0.05, 0) is 6.42 Å². The van der Waals surface area contributed by atoms with E-state index in [1.54, 1.807) is 0 Å². The largest absolute Gasteiger partial charge is 0.423 e. The van der Waals surface area contributed by atoms with Crippen molar-refractivity contribution in [2.75, 3.05) is 17.3 Å². The SMILES string of the molecule is CCCCCC(OC(=O)CS)(OC(=O)CS)OC(=O)CS. The van der Waals surface area contributed by atoms with Gasteiger partial charge in [0.2, 0.25) is 0 Å². The van der Waals surface area contributed by atoms with Crippen LogP contribution in [-0.2, 0) is 28.6 Å². The highest BCUT2D eigenvalue weighted by atomic mass is 32.1. The molecule has 9 heteroatoms. The first-order valence-corrected chi connectivity index (χ1v) is 8.30. The Morgan fingerprint density at radius 1 is 0.810 bits per heavy atom. The molecule has 0 aliphatic heterocycles. The van der Waals surface area contributed by atoms with E-state index >= 15 is 0 Å². The minimum atomic E-state index is -2.07. The Balaban J connectivity index is 5.18. The van der Waals surface area contributed by atoms with E-state index in [4.69, 9.17) is 14.2 Å². The second-order valence-corrected chi connectivity index (χ2v) is 4.99. The smallest absolute Gasteiger partial charge is 0.387 e. The Morgan fingerprint density at radius 3 is 1.48 bits per heavy atom. The molecule has 0 aromatic carbocycles. The summed E-state index contributed by atoms with van der Waals surface area (Å²) in [6, 6.07) is 0. The molecule has 122 valence electrons. The molecule has 0 aliphatic rings. The van der Waals surface area contributed by atoms with Crippen molar-refractivity contribution in [3.63, 3.8) is 0 Å². The number of rotatable bonds is 10. The van der Waals surface area contributed by atoms with Crippen LogP contribution in [0.2, 0.25) is 0 Å².